The van der Waals surface area contributed by atoms with Crippen LogP contribution in [0.25, 0.3) is 27.9 Å². The average Bonchev–Trinajstić information content (AvgIpc) is 2.87. The molecule has 4 aromatic rings. The molecule has 0 aliphatic carbocycles. The van der Waals surface area contributed by atoms with Crippen LogP contribution in [0.4, 0.5) is 8.78 Å². The van der Waals surface area contributed by atoms with Gasteiger partial charge in [-0.1, -0.05) is 0 Å². The maximum atomic E-state index is 14.2. The van der Waals surface area contributed by atoms with Crippen molar-refractivity contribution < 1.29 is 8.78 Å². The normalized spacial score (nSPS) is 11.5. The lowest BCUT2D eigenvalue weighted by molar-refractivity contribution is 0.589. The molecular formula is C18H14F2N4. The van der Waals surface area contributed by atoms with E-state index in [4.69, 9.17) is 0 Å². The summed E-state index contributed by atoms with van der Waals surface area (Å²) in [7, 11) is 0. The summed E-state index contributed by atoms with van der Waals surface area (Å²) in [5.74, 6) is -0.697. The standard InChI is InChI=1S/C18H14F2N4/c1-9-8-21-5-4-13(9)18-23-11(3)17-10(2)22-16-14(20)6-12(19)7-15(16)24(17)18/h4-8H,1-3H3. The number of imidazole rings is 1. The van der Waals surface area contributed by atoms with Crippen LogP contribution < -0.4 is 0 Å². The number of hydrogen-bond donors (Lipinski definition) is 0. The van der Waals surface area contributed by atoms with Crippen molar-refractivity contribution in [3.05, 3.63) is 59.2 Å². The molecule has 0 unspecified atom stereocenters. The topological polar surface area (TPSA) is 43.1 Å². The first-order chi connectivity index (χ1) is 11.5. The highest BCUT2D eigenvalue weighted by Crippen LogP contribution is 2.30. The van der Waals surface area contributed by atoms with E-state index in [0.29, 0.717) is 17.0 Å². The van der Waals surface area contributed by atoms with Crippen molar-refractivity contribution in [2.45, 2.75) is 20.8 Å². The first-order valence-electron chi connectivity index (χ1n) is 7.52. The Morgan fingerprint density at radius 1 is 1.00 bits per heavy atom. The zero-order valence-electron chi connectivity index (χ0n) is 13.4. The molecule has 0 bridgehead atoms. The van der Waals surface area contributed by atoms with Crippen molar-refractivity contribution >= 4 is 16.6 Å². The van der Waals surface area contributed by atoms with E-state index in [-0.39, 0.29) is 5.52 Å². The van der Waals surface area contributed by atoms with Crippen molar-refractivity contribution in [1.82, 2.24) is 19.4 Å². The molecule has 0 amide bonds. The van der Waals surface area contributed by atoms with E-state index >= 15 is 0 Å². The van der Waals surface area contributed by atoms with E-state index in [1.165, 1.54) is 6.07 Å². The lowest BCUT2D eigenvalue weighted by Crippen LogP contribution is -2.00. The van der Waals surface area contributed by atoms with Crippen molar-refractivity contribution in [2.75, 3.05) is 0 Å². The molecule has 0 spiro atoms. The largest absolute Gasteiger partial charge is 0.288 e. The molecule has 1 aromatic carbocycles. The first kappa shape index (κ1) is 14.7. The first-order valence-corrected chi connectivity index (χ1v) is 7.52. The molecule has 4 rings (SSSR count). The minimum atomic E-state index is -0.682. The quantitative estimate of drug-likeness (QED) is 0.528. The Morgan fingerprint density at radius 3 is 2.50 bits per heavy atom. The Labute approximate surface area is 136 Å². The number of pyridine rings is 1. The number of fused-ring (bicyclic) bond motifs is 3. The van der Waals surface area contributed by atoms with Gasteiger partial charge < -0.3 is 0 Å². The van der Waals surface area contributed by atoms with Crippen LogP contribution in [-0.2, 0) is 0 Å². The van der Waals surface area contributed by atoms with Gasteiger partial charge in [0.2, 0.25) is 0 Å². The fourth-order valence-corrected chi connectivity index (χ4v) is 3.15. The highest BCUT2D eigenvalue weighted by atomic mass is 19.1. The predicted octanol–water partition coefficient (Wildman–Crippen LogP) is 4.15. The Kier molecular flexibility index (Phi) is 3.09. The molecule has 3 aromatic heterocycles. The lowest BCUT2D eigenvalue weighted by Gasteiger charge is -2.10. The molecule has 3 heterocycles. The van der Waals surface area contributed by atoms with Crippen LogP contribution in [0.3, 0.4) is 0 Å². The monoisotopic (exact) mass is 324 g/mol. The van der Waals surface area contributed by atoms with E-state index in [0.717, 1.165) is 28.4 Å². The van der Waals surface area contributed by atoms with Crippen LogP contribution in [0.15, 0.2) is 30.6 Å². The summed E-state index contributed by atoms with van der Waals surface area (Å²) in [6, 6.07) is 3.99. The van der Waals surface area contributed by atoms with E-state index in [1.807, 2.05) is 19.9 Å². The minimum absolute atomic E-state index is 0.131. The van der Waals surface area contributed by atoms with Crippen LogP contribution >= 0.6 is 0 Å². The van der Waals surface area contributed by atoms with E-state index in [2.05, 4.69) is 15.0 Å². The Balaban J connectivity index is 2.26. The molecule has 0 saturated heterocycles. The van der Waals surface area contributed by atoms with Gasteiger partial charge in [-0.3, -0.25) is 9.38 Å². The van der Waals surface area contributed by atoms with Gasteiger partial charge in [0.05, 0.1) is 22.4 Å². The van der Waals surface area contributed by atoms with Gasteiger partial charge in [-0.15, -0.1) is 0 Å². The number of aromatic nitrogens is 4. The lowest BCUT2D eigenvalue weighted by atomic mass is 10.1. The van der Waals surface area contributed by atoms with Gasteiger partial charge >= 0.3 is 0 Å². The van der Waals surface area contributed by atoms with Gasteiger partial charge in [0.25, 0.3) is 0 Å². The second-order valence-electron chi connectivity index (χ2n) is 5.85. The van der Waals surface area contributed by atoms with Crippen LogP contribution in [0.1, 0.15) is 17.0 Å². The van der Waals surface area contributed by atoms with E-state index in [1.54, 1.807) is 23.7 Å². The number of halogens is 2. The van der Waals surface area contributed by atoms with E-state index in [9.17, 15) is 8.78 Å². The number of benzene rings is 1. The second-order valence-corrected chi connectivity index (χ2v) is 5.85. The van der Waals surface area contributed by atoms with Gasteiger partial charge in [0, 0.05) is 30.1 Å². The molecule has 0 atom stereocenters. The summed E-state index contributed by atoms with van der Waals surface area (Å²) >= 11 is 0. The molecule has 24 heavy (non-hydrogen) atoms. The summed E-state index contributed by atoms with van der Waals surface area (Å²) in [6.07, 6.45) is 3.42. The zero-order chi connectivity index (χ0) is 17.0. The molecule has 0 N–H and O–H groups in total. The number of hydrogen-bond acceptors (Lipinski definition) is 3. The minimum Gasteiger partial charge on any atom is -0.288 e. The molecule has 4 nitrogen and oxygen atoms in total. The number of nitrogens with zero attached hydrogens (tertiary/aromatic N) is 4. The van der Waals surface area contributed by atoms with Crippen LogP contribution in [0, 0.1) is 32.4 Å². The average molecular weight is 324 g/mol. The number of rotatable bonds is 1. The molecule has 0 aliphatic heterocycles. The summed E-state index contributed by atoms with van der Waals surface area (Å²) in [4.78, 5) is 13.1. The summed E-state index contributed by atoms with van der Waals surface area (Å²) < 4.78 is 29.8. The number of aryl methyl sites for hydroxylation is 3. The summed E-state index contributed by atoms with van der Waals surface area (Å²) in [5, 5.41) is 0. The molecule has 6 heteroatoms. The van der Waals surface area contributed by atoms with Crippen molar-refractivity contribution in [2.24, 2.45) is 0 Å². The fraction of sp³-hybridized carbons (Fsp3) is 0.167. The fourth-order valence-electron chi connectivity index (χ4n) is 3.15. The third kappa shape index (κ3) is 1.99. The molecule has 0 aliphatic rings. The molecular weight excluding hydrogens is 310 g/mol. The maximum absolute atomic E-state index is 14.2. The molecule has 0 fully saturated rings. The molecule has 0 saturated carbocycles. The van der Waals surface area contributed by atoms with E-state index < -0.39 is 11.6 Å². The Hall–Kier alpha value is -2.89. The summed E-state index contributed by atoms with van der Waals surface area (Å²) in [5.41, 5.74) is 4.47. The predicted molar refractivity (Wildman–Crippen MR) is 87.9 cm³/mol. The smallest absolute Gasteiger partial charge is 0.153 e. The highest BCUT2D eigenvalue weighted by Gasteiger charge is 2.19. The van der Waals surface area contributed by atoms with Crippen LogP contribution in [0.5, 0.6) is 0 Å². The third-order valence-electron chi connectivity index (χ3n) is 4.18. The Bertz CT molecular complexity index is 1120. The van der Waals surface area contributed by atoms with Crippen molar-refractivity contribution in [1.29, 1.82) is 0 Å². The van der Waals surface area contributed by atoms with Gasteiger partial charge in [-0.05, 0) is 32.4 Å². The van der Waals surface area contributed by atoms with Crippen LogP contribution in [-0.4, -0.2) is 19.4 Å². The SMILES string of the molecule is Cc1cnccc1-c1nc(C)c2c(C)nc3c(F)cc(F)cc3n12. The highest BCUT2D eigenvalue weighted by molar-refractivity contribution is 5.84. The van der Waals surface area contributed by atoms with Crippen molar-refractivity contribution in [3.63, 3.8) is 0 Å². The van der Waals surface area contributed by atoms with Gasteiger partial charge in [0.1, 0.15) is 17.2 Å². The Morgan fingerprint density at radius 2 is 1.75 bits per heavy atom. The van der Waals surface area contributed by atoms with Gasteiger partial charge in [-0.25, -0.2) is 18.7 Å². The van der Waals surface area contributed by atoms with Gasteiger partial charge in [-0.2, -0.15) is 0 Å². The molecule has 0 radical (unpaired) electrons. The maximum Gasteiger partial charge on any atom is 0.153 e. The zero-order valence-corrected chi connectivity index (χ0v) is 13.4. The summed E-state index contributed by atoms with van der Waals surface area (Å²) in [6.45, 7) is 5.59. The second kappa shape index (κ2) is 5.06. The third-order valence-corrected chi connectivity index (χ3v) is 4.18. The van der Waals surface area contributed by atoms with Crippen LogP contribution in [0.2, 0.25) is 0 Å². The van der Waals surface area contributed by atoms with Gasteiger partial charge in [0.15, 0.2) is 5.82 Å². The molecule has 120 valence electrons. The van der Waals surface area contributed by atoms with Crippen molar-refractivity contribution in [3.8, 4) is 11.4 Å².